The van der Waals surface area contributed by atoms with E-state index in [1.54, 1.807) is 6.07 Å². The Morgan fingerprint density at radius 1 is 1.36 bits per heavy atom. The van der Waals surface area contributed by atoms with Crippen LogP contribution in [0.2, 0.25) is 0 Å². The van der Waals surface area contributed by atoms with Gasteiger partial charge in [-0.3, -0.25) is 0 Å². The van der Waals surface area contributed by atoms with Crippen LogP contribution in [0.4, 0.5) is 4.39 Å². The minimum Gasteiger partial charge on any atom is -0.313 e. The molecule has 0 saturated carbocycles. The van der Waals surface area contributed by atoms with E-state index in [9.17, 15) is 9.60 Å². The van der Waals surface area contributed by atoms with Crippen molar-refractivity contribution >= 4 is 5.71 Å². The zero-order chi connectivity index (χ0) is 18.7. The van der Waals surface area contributed by atoms with Crippen molar-refractivity contribution in [3.8, 4) is 0 Å². The number of hydrogen-bond acceptors (Lipinski definition) is 3. The Kier molecular flexibility index (Phi) is 5.97. The molecule has 1 saturated heterocycles. The molecule has 1 N–H and O–H groups in total. The van der Waals surface area contributed by atoms with Crippen molar-refractivity contribution in [2.75, 3.05) is 0 Å². The standard InChI is InChI=1S/C20H28FN3O/c1-19(2)10-9-16(14-20(3,4)24(19)25)13-18(23-22-5)12-15-7-6-8-17(21)11-15/h6-8,11,16,25H,9-10,12-14H2,1-4H3/b23-18+. The van der Waals surface area contributed by atoms with Crippen molar-refractivity contribution in [3.05, 3.63) is 47.2 Å². The third-order valence-electron chi connectivity index (χ3n) is 5.11. The Morgan fingerprint density at radius 3 is 2.72 bits per heavy atom. The lowest BCUT2D eigenvalue weighted by atomic mass is 9.85. The quantitative estimate of drug-likeness (QED) is 0.469. The van der Waals surface area contributed by atoms with Gasteiger partial charge in [-0.1, -0.05) is 12.1 Å². The molecule has 25 heavy (non-hydrogen) atoms. The zero-order valence-electron chi connectivity index (χ0n) is 15.6. The molecule has 0 aromatic heterocycles. The van der Waals surface area contributed by atoms with Crippen molar-refractivity contribution in [2.24, 2.45) is 11.0 Å². The second-order valence-electron chi connectivity index (χ2n) is 8.32. The molecule has 0 bridgehead atoms. The van der Waals surface area contributed by atoms with E-state index >= 15 is 0 Å². The SMILES string of the molecule is [C-]#[N+]/N=C(\Cc1cccc(F)c1)CC1CCC(C)(C)N(O)C(C)(C)C1. The number of nitrogens with zero attached hydrogens (tertiary/aromatic N) is 3. The molecular weight excluding hydrogens is 317 g/mol. The highest BCUT2D eigenvalue weighted by atomic mass is 19.1. The van der Waals surface area contributed by atoms with E-state index in [1.807, 2.05) is 19.9 Å². The van der Waals surface area contributed by atoms with Crippen LogP contribution in [0.25, 0.3) is 4.95 Å². The third-order valence-corrected chi connectivity index (χ3v) is 5.11. The molecule has 0 aliphatic carbocycles. The first-order chi connectivity index (χ1) is 11.6. The molecule has 1 heterocycles. The third kappa shape index (κ3) is 5.10. The molecule has 1 aliphatic rings. The lowest BCUT2D eigenvalue weighted by Gasteiger charge is -2.42. The summed E-state index contributed by atoms with van der Waals surface area (Å²) in [6.07, 6.45) is 3.86. The summed E-state index contributed by atoms with van der Waals surface area (Å²) in [5, 5.41) is 16.0. The Hall–Kier alpha value is -1.77. The van der Waals surface area contributed by atoms with Gasteiger partial charge in [0.05, 0.1) is 5.10 Å². The van der Waals surface area contributed by atoms with Gasteiger partial charge in [0.25, 0.3) is 0 Å². The second kappa shape index (κ2) is 7.63. The van der Waals surface area contributed by atoms with Crippen LogP contribution in [0, 0.1) is 18.3 Å². The molecule has 2 rings (SSSR count). The van der Waals surface area contributed by atoms with E-state index in [1.165, 1.54) is 17.2 Å². The van der Waals surface area contributed by atoms with Crippen LogP contribution < -0.4 is 0 Å². The van der Waals surface area contributed by atoms with Gasteiger partial charge in [-0.2, -0.15) is 11.6 Å². The molecule has 1 aromatic carbocycles. The van der Waals surface area contributed by atoms with Gasteiger partial charge in [0.1, 0.15) is 11.5 Å². The summed E-state index contributed by atoms with van der Waals surface area (Å²) in [7, 11) is 0. The number of hydroxylamine groups is 2. The molecule has 1 aliphatic heterocycles. The molecule has 0 spiro atoms. The molecule has 4 nitrogen and oxygen atoms in total. The van der Waals surface area contributed by atoms with Crippen molar-refractivity contribution in [1.29, 1.82) is 0 Å². The van der Waals surface area contributed by atoms with Crippen LogP contribution in [0.1, 0.15) is 58.9 Å². The highest BCUT2D eigenvalue weighted by molar-refractivity contribution is 5.87. The van der Waals surface area contributed by atoms with Crippen LogP contribution in [0.15, 0.2) is 29.4 Å². The highest BCUT2D eigenvalue weighted by Crippen LogP contribution is 2.39. The molecule has 1 fully saturated rings. The summed E-state index contributed by atoms with van der Waals surface area (Å²) in [5.41, 5.74) is 0.995. The summed E-state index contributed by atoms with van der Waals surface area (Å²) in [6, 6.07) is 6.45. The smallest absolute Gasteiger partial charge is 0.123 e. The van der Waals surface area contributed by atoms with Gasteiger partial charge >= 0.3 is 0 Å². The number of hydrogen-bond donors (Lipinski definition) is 1. The average molecular weight is 345 g/mol. The summed E-state index contributed by atoms with van der Waals surface area (Å²) in [4.78, 5) is 3.21. The Morgan fingerprint density at radius 2 is 2.08 bits per heavy atom. The molecule has 136 valence electrons. The lowest BCUT2D eigenvalue weighted by molar-refractivity contribution is -0.221. The van der Waals surface area contributed by atoms with E-state index in [4.69, 9.17) is 6.57 Å². The highest BCUT2D eigenvalue weighted by Gasteiger charge is 2.42. The maximum absolute atomic E-state index is 13.4. The predicted octanol–water partition coefficient (Wildman–Crippen LogP) is 5.08. The fourth-order valence-electron chi connectivity index (χ4n) is 3.99. The monoisotopic (exact) mass is 345 g/mol. The van der Waals surface area contributed by atoms with Gasteiger partial charge in [0.2, 0.25) is 0 Å². The van der Waals surface area contributed by atoms with Gasteiger partial charge in [0.15, 0.2) is 0 Å². The average Bonchev–Trinajstić information content (AvgIpc) is 2.58. The molecule has 0 radical (unpaired) electrons. The summed E-state index contributed by atoms with van der Waals surface area (Å²) >= 11 is 0. The minimum atomic E-state index is -0.341. The van der Waals surface area contributed by atoms with E-state index < -0.39 is 0 Å². The molecule has 1 aromatic rings. The Labute approximate surface area is 150 Å². The van der Waals surface area contributed by atoms with Gasteiger partial charge < -0.3 is 5.21 Å². The van der Waals surface area contributed by atoms with E-state index in [2.05, 4.69) is 23.9 Å². The van der Waals surface area contributed by atoms with Crippen molar-refractivity contribution in [3.63, 3.8) is 0 Å². The first kappa shape index (κ1) is 19.6. The maximum Gasteiger partial charge on any atom is 0.123 e. The van der Waals surface area contributed by atoms with Crippen molar-refractivity contribution < 1.29 is 9.60 Å². The first-order valence-electron chi connectivity index (χ1n) is 8.80. The number of benzene rings is 1. The van der Waals surface area contributed by atoms with Gasteiger partial charge in [0, 0.05) is 17.5 Å². The normalized spacial score (nSPS) is 23.7. The Balaban J connectivity index is 2.14. The van der Waals surface area contributed by atoms with Crippen molar-refractivity contribution in [2.45, 2.75) is 70.9 Å². The zero-order valence-corrected chi connectivity index (χ0v) is 15.6. The maximum atomic E-state index is 13.4. The van der Waals surface area contributed by atoms with Crippen LogP contribution in [-0.2, 0) is 6.42 Å². The molecule has 1 atom stereocenters. The first-order valence-corrected chi connectivity index (χ1v) is 8.80. The largest absolute Gasteiger partial charge is 0.313 e. The van der Waals surface area contributed by atoms with Crippen LogP contribution in [-0.4, -0.2) is 27.1 Å². The molecule has 5 heteroatoms. The fraction of sp³-hybridized carbons (Fsp3) is 0.600. The van der Waals surface area contributed by atoms with Crippen molar-refractivity contribution in [1.82, 2.24) is 5.06 Å². The predicted molar refractivity (Wildman–Crippen MR) is 97.9 cm³/mol. The summed E-state index contributed by atoms with van der Waals surface area (Å²) < 4.78 is 13.4. The van der Waals surface area contributed by atoms with E-state index in [0.29, 0.717) is 18.8 Å². The van der Waals surface area contributed by atoms with Gasteiger partial charge in [-0.05, 0) is 77.0 Å². The van der Waals surface area contributed by atoms with Gasteiger partial charge in [-0.15, -0.1) is 4.95 Å². The fourth-order valence-corrected chi connectivity index (χ4v) is 3.99. The van der Waals surface area contributed by atoms with Crippen LogP contribution >= 0.6 is 0 Å². The molecule has 1 unspecified atom stereocenters. The Bertz CT molecular complexity index is 676. The second-order valence-corrected chi connectivity index (χ2v) is 8.32. The summed E-state index contributed by atoms with van der Waals surface area (Å²) in [5.74, 6) is 0.0634. The molecule has 0 amide bonds. The number of halogens is 1. The van der Waals surface area contributed by atoms with E-state index in [-0.39, 0.29) is 16.9 Å². The van der Waals surface area contributed by atoms with Crippen LogP contribution in [0.5, 0.6) is 0 Å². The lowest BCUT2D eigenvalue weighted by Crippen LogP contribution is -2.52. The topological polar surface area (TPSA) is 40.2 Å². The van der Waals surface area contributed by atoms with Gasteiger partial charge in [-0.25, -0.2) is 4.39 Å². The molecular formula is C20H28FN3O. The van der Waals surface area contributed by atoms with Crippen LogP contribution in [0.3, 0.4) is 0 Å². The van der Waals surface area contributed by atoms with E-state index in [0.717, 1.165) is 30.5 Å². The minimum absolute atomic E-state index is 0.270. The number of rotatable bonds is 4. The summed E-state index contributed by atoms with van der Waals surface area (Å²) in [6.45, 7) is 15.3.